The molecule has 0 aliphatic heterocycles. The maximum atomic E-state index is 12.3. The summed E-state index contributed by atoms with van der Waals surface area (Å²) >= 11 is 9.56. The molecule has 0 saturated heterocycles. The van der Waals surface area contributed by atoms with E-state index in [4.69, 9.17) is 21.1 Å². The molecule has 2 rings (SSSR count). The Hall–Kier alpha value is -1.76. The minimum Gasteiger partial charge on any atom is -0.496 e. The molecule has 0 aliphatic rings. The van der Waals surface area contributed by atoms with E-state index >= 15 is 0 Å². The number of anilines is 1. The molecule has 26 heavy (non-hydrogen) atoms. The molecule has 5 nitrogen and oxygen atoms in total. The van der Waals surface area contributed by atoms with Crippen LogP contribution in [0.1, 0.15) is 24.1 Å². The number of benzene rings is 2. The number of nitrogens with one attached hydrogen (secondary N) is 2. The third-order valence-electron chi connectivity index (χ3n) is 4.00. The van der Waals surface area contributed by atoms with Gasteiger partial charge in [-0.3, -0.25) is 4.79 Å². The molecule has 2 N–H and O–H groups in total. The van der Waals surface area contributed by atoms with Crippen molar-refractivity contribution in [3.8, 4) is 11.5 Å². The van der Waals surface area contributed by atoms with Gasteiger partial charge in [0.05, 0.1) is 30.9 Å². The average Bonchev–Trinajstić information content (AvgIpc) is 2.62. The molecular weight excluding hydrogens is 420 g/mol. The second-order valence-corrected chi connectivity index (χ2v) is 7.11. The molecule has 1 atom stereocenters. The van der Waals surface area contributed by atoms with Crippen molar-refractivity contribution in [2.75, 3.05) is 26.1 Å². The summed E-state index contributed by atoms with van der Waals surface area (Å²) in [6, 6.07) is 9.31. The first kappa shape index (κ1) is 20.6. The molecule has 0 aliphatic carbocycles. The van der Waals surface area contributed by atoms with Gasteiger partial charge in [-0.2, -0.15) is 0 Å². The maximum Gasteiger partial charge on any atom is 0.238 e. The number of methoxy groups -OCH3 is 2. The third-order valence-corrected chi connectivity index (χ3v) is 5.03. The fourth-order valence-electron chi connectivity index (χ4n) is 2.44. The summed E-state index contributed by atoms with van der Waals surface area (Å²) in [4.78, 5) is 12.3. The summed E-state index contributed by atoms with van der Waals surface area (Å²) in [5, 5.41) is 6.65. The number of carbonyl (C=O) groups excluding carboxylic acids is 1. The highest BCUT2D eigenvalue weighted by atomic mass is 79.9. The van der Waals surface area contributed by atoms with Gasteiger partial charge >= 0.3 is 0 Å². The summed E-state index contributed by atoms with van der Waals surface area (Å²) in [7, 11) is 3.16. The molecule has 0 unspecified atom stereocenters. The van der Waals surface area contributed by atoms with Crippen LogP contribution in [-0.2, 0) is 4.79 Å². The molecule has 1 amide bonds. The number of aryl methyl sites for hydroxylation is 1. The molecule has 0 bridgehead atoms. The Balaban J connectivity index is 1.98. The summed E-state index contributed by atoms with van der Waals surface area (Å²) in [6.07, 6.45) is 0. The SMILES string of the molecule is COc1ccc([C@H](C)NCC(=O)Nc2cc(C)c(Cl)cc2OC)cc1Br. The van der Waals surface area contributed by atoms with Crippen molar-refractivity contribution >= 4 is 39.1 Å². The van der Waals surface area contributed by atoms with Crippen LogP contribution in [0, 0.1) is 6.92 Å². The van der Waals surface area contributed by atoms with Crippen LogP contribution < -0.4 is 20.1 Å². The van der Waals surface area contributed by atoms with Crippen LogP contribution in [0.2, 0.25) is 5.02 Å². The molecule has 7 heteroatoms. The minimum absolute atomic E-state index is 0.00296. The van der Waals surface area contributed by atoms with E-state index < -0.39 is 0 Å². The lowest BCUT2D eigenvalue weighted by molar-refractivity contribution is -0.115. The summed E-state index contributed by atoms with van der Waals surface area (Å²) in [5.74, 6) is 1.13. The highest BCUT2D eigenvalue weighted by Crippen LogP contribution is 2.31. The van der Waals surface area contributed by atoms with Crippen molar-refractivity contribution in [1.29, 1.82) is 0 Å². The summed E-state index contributed by atoms with van der Waals surface area (Å²) in [5.41, 5.74) is 2.51. The Bertz CT molecular complexity index is 799. The highest BCUT2D eigenvalue weighted by Gasteiger charge is 2.13. The molecule has 0 aromatic heterocycles. The molecule has 0 fully saturated rings. The van der Waals surface area contributed by atoms with Crippen LogP contribution in [-0.4, -0.2) is 26.7 Å². The van der Waals surface area contributed by atoms with Crippen molar-refractivity contribution in [2.24, 2.45) is 0 Å². The Kier molecular flexibility index (Phi) is 7.32. The number of hydrogen-bond acceptors (Lipinski definition) is 4. The van der Waals surface area contributed by atoms with Gasteiger partial charge in [-0.1, -0.05) is 17.7 Å². The van der Waals surface area contributed by atoms with Crippen LogP contribution in [0.25, 0.3) is 0 Å². The topological polar surface area (TPSA) is 59.6 Å². The molecule has 2 aromatic rings. The molecule has 2 aromatic carbocycles. The molecule has 0 radical (unpaired) electrons. The van der Waals surface area contributed by atoms with Crippen LogP contribution in [0.4, 0.5) is 5.69 Å². The Morgan fingerprint density at radius 3 is 2.50 bits per heavy atom. The van der Waals surface area contributed by atoms with E-state index in [0.29, 0.717) is 16.5 Å². The quantitative estimate of drug-likeness (QED) is 0.653. The smallest absolute Gasteiger partial charge is 0.238 e. The van der Waals surface area contributed by atoms with Gasteiger partial charge < -0.3 is 20.1 Å². The van der Waals surface area contributed by atoms with E-state index in [2.05, 4.69) is 26.6 Å². The second kappa shape index (κ2) is 9.26. The van der Waals surface area contributed by atoms with E-state index in [0.717, 1.165) is 21.3 Å². The molecule has 0 heterocycles. The molecule has 0 spiro atoms. The first-order valence-corrected chi connectivity index (χ1v) is 9.23. The van der Waals surface area contributed by atoms with Crippen LogP contribution in [0.5, 0.6) is 11.5 Å². The largest absolute Gasteiger partial charge is 0.496 e. The van der Waals surface area contributed by atoms with Crippen LogP contribution in [0.3, 0.4) is 0 Å². The summed E-state index contributed by atoms with van der Waals surface area (Å²) < 4.78 is 11.4. The maximum absolute atomic E-state index is 12.3. The van der Waals surface area contributed by atoms with Gasteiger partial charge in [0, 0.05) is 17.1 Å². The number of halogens is 2. The predicted octanol–water partition coefficient (Wildman–Crippen LogP) is 4.72. The summed E-state index contributed by atoms with van der Waals surface area (Å²) in [6.45, 7) is 4.03. The van der Waals surface area contributed by atoms with E-state index in [1.54, 1.807) is 26.4 Å². The Labute approximate surface area is 167 Å². The minimum atomic E-state index is -0.163. The first-order chi connectivity index (χ1) is 12.3. The molecule has 0 saturated carbocycles. The van der Waals surface area contributed by atoms with Gasteiger partial charge in [0.15, 0.2) is 0 Å². The number of ether oxygens (including phenoxy) is 2. The Morgan fingerprint density at radius 2 is 1.88 bits per heavy atom. The van der Waals surface area contributed by atoms with Gasteiger partial charge in [0.2, 0.25) is 5.91 Å². The van der Waals surface area contributed by atoms with E-state index in [1.165, 1.54) is 0 Å². The lowest BCUT2D eigenvalue weighted by Gasteiger charge is -2.16. The van der Waals surface area contributed by atoms with Gasteiger partial charge in [-0.15, -0.1) is 0 Å². The number of hydrogen-bond donors (Lipinski definition) is 2. The van der Waals surface area contributed by atoms with E-state index in [1.807, 2.05) is 32.0 Å². The standard InChI is InChI=1S/C19H22BrClN2O3/c1-11-7-16(18(26-4)9-15(11)21)23-19(24)10-22-12(2)13-5-6-17(25-3)14(20)8-13/h5-9,12,22H,10H2,1-4H3,(H,23,24)/t12-/m0/s1. The van der Waals surface area contributed by atoms with Crippen molar-refractivity contribution in [1.82, 2.24) is 5.32 Å². The van der Waals surface area contributed by atoms with E-state index in [9.17, 15) is 4.79 Å². The fourth-order valence-corrected chi connectivity index (χ4v) is 3.15. The predicted molar refractivity (Wildman–Crippen MR) is 108 cm³/mol. The van der Waals surface area contributed by atoms with Crippen molar-refractivity contribution in [3.05, 3.63) is 51.0 Å². The fraction of sp³-hybridized carbons (Fsp3) is 0.316. The van der Waals surface area contributed by atoms with Crippen molar-refractivity contribution in [3.63, 3.8) is 0 Å². The highest BCUT2D eigenvalue weighted by molar-refractivity contribution is 9.10. The monoisotopic (exact) mass is 440 g/mol. The van der Waals surface area contributed by atoms with Crippen LogP contribution in [0.15, 0.2) is 34.8 Å². The zero-order valence-corrected chi connectivity index (χ0v) is 17.5. The number of amides is 1. The van der Waals surface area contributed by atoms with Crippen molar-refractivity contribution < 1.29 is 14.3 Å². The van der Waals surface area contributed by atoms with Gasteiger partial charge in [-0.05, 0) is 59.1 Å². The van der Waals surface area contributed by atoms with Gasteiger partial charge in [-0.25, -0.2) is 0 Å². The van der Waals surface area contributed by atoms with Gasteiger partial charge in [0.1, 0.15) is 11.5 Å². The zero-order chi connectivity index (χ0) is 19.3. The normalized spacial score (nSPS) is 11.8. The lowest BCUT2D eigenvalue weighted by atomic mass is 10.1. The van der Waals surface area contributed by atoms with Crippen LogP contribution >= 0.6 is 27.5 Å². The number of carbonyl (C=O) groups is 1. The number of rotatable bonds is 7. The molecule has 140 valence electrons. The Morgan fingerprint density at radius 1 is 1.19 bits per heavy atom. The third kappa shape index (κ3) is 5.13. The second-order valence-electron chi connectivity index (χ2n) is 5.85. The van der Waals surface area contributed by atoms with E-state index in [-0.39, 0.29) is 18.5 Å². The van der Waals surface area contributed by atoms with Gasteiger partial charge in [0.25, 0.3) is 0 Å². The average molecular weight is 442 g/mol. The lowest BCUT2D eigenvalue weighted by Crippen LogP contribution is -2.30. The molecular formula is C19H22BrClN2O3. The zero-order valence-electron chi connectivity index (χ0n) is 15.2. The van der Waals surface area contributed by atoms with Crippen molar-refractivity contribution in [2.45, 2.75) is 19.9 Å². The first-order valence-electron chi connectivity index (χ1n) is 8.06.